The van der Waals surface area contributed by atoms with Gasteiger partial charge in [-0.2, -0.15) is 0 Å². The molecule has 0 spiro atoms. The molecule has 1 heterocycles. The Kier molecular flexibility index (Phi) is 4.02. The molecule has 2 rings (SSSR count). The van der Waals surface area contributed by atoms with E-state index < -0.39 is 39.0 Å². The molecule has 0 saturated carbocycles. The van der Waals surface area contributed by atoms with Gasteiger partial charge < -0.3 is 9.64 Å². The van der Waals surface area contributed by atoms with Gasteiger partial charge in [-0.3, -0.25) is 29.8 Å². The summed E-state index contributed by atoms with van der Waals surface area (Å²) >= 11 is 0. The summed E-state index contributed by atoms with van der Waals surface area (Å²) in [7, 11) is 1.18. The minimum Gasteiger partial charge on any atom is -0.469 e. The Bertz CT molecular complexity index is 673. The van der Waals surface area contributed by atoms with Crippen LogP contribution in [0, 0.1) is 26.1 Å². The van der Waals surface area contributed by atoms with E-state index in [1.807, 2.05) is 0 Å². The van der Waals surface area contributed by atoms with Crippen LogP contribution < -0.4 is 4.90 Å². The van der Waals surface area contributed by atoms with E-state index in [4.69, 9.17) is 0 Å². The number of nitro benzene ring substituents is 2. The summed E-state index contributed by atoms with van der Waals surface area (Å²) in [6.07, 6.45) is -0.124. The van der Waals surface area contributed by atoms with Crippen molar-refractivity contribution in [3.05, 3.63) is 38.4 Å². The van der Waals surface area contributed by atoms with Gasteiger partial charge in [-0.25, -0.2) is 0 Å². The van der Waals surface area contributed by atoms with Crippen LogP contribution in [0.2, 0.25) is 0 Å². The second-order valence-corrected chi connectivity index (χ2v) is 4.62. The lowest BCUT2D eigenvalue weighted by Gasteiger charge is -2.16. The summed E-state index contributed by atoms with van der Waals surface area (Å²) in [5.74, 6) is -1.78. The van der Waals surface area contributed by atoms with Gasteiger partial charge in [0.25, 0.3) is 11.4 Å². The Hall–Kier alpha value is -3.04. The van der Waals surface area contributed by atoms with Gasteiger partial charge in [0.2, 0.25) is 5.91 Å². The lowest BCUT2D eigenvalue weighted by Crippen LogP contribution is -2.26. The van der Waals surface area contributed by atoms with Crippen molar-refractivity contribution in [3.8, 4) is 0 Å². The summed E-state index contributed by atoms with van der Waals surface area (Å²) in [5.41, 5.74) is -1.09. The molecule has 0 bridgehead atoms. The number of nitro groups is 2. The third kappa shape index (κ3) is 2.71. The average Bonchev–Trinajstić information content (AvgIpc) is 2.87. The molecule has 1 atom stereocenters. The van der Waals surface area contributed by atoms with Crippen molar-refractivity contribution in [1.29, 1.82) is 0 Å². The van der Waals surface area contributed by atoms with Crippen molar-refractivity contribution >= 4 is 28.9 Å². The highest BCUT2D eigenvalue weighted by Crippen LogP contribution is 2.35. The topological polar surface area (TPSA) is 133 Å². The zero-order chi connectivity index (χ0) is 16.4. The normalized spacial score (nSPS) is 17.4. The van der Waals surface area contributed by atoms with Gasteiger partial charge in [-0.1, -0.05) is 0 Å². The second kappa shape index (κ2) is 5.76. The number of nitrogens with zero attached hydrogens (tertiary/aromatic N) is 3. The van der Waals surface area contributed by atoms with Gasteiger partial charge in [-0.05, 0) is 6.07 Å². The molecule has 0 radical (unpaired) electrons. The highest BCUT2D eigenvalue weighted by molar-refractivity contribution is 6.01. The number of ether oxygens (including phenoxy) is 1. The van der Waals surface area contributed by atoms with Crippen LogP contribution in [-0.2, 0) is 14.3 Å². The maximum absolute atomic E-state index is 12.0. The fourth-order valence-corrected chi connectivity index (χ4v) is 2.26. The predicted molar refractivity (Wildman–Crippen MR) is 72.2 cm³/mol. The summed E-state index contributed by atoms with van der Waals surface area (Å²) in [6.45, 7) is -0.0653. The van der Waals surface area contributed by atoms with E-state index in [1.165, 1.54) is 7.11 Å². The standard InChI is InChI=1S/C12H11N3O7/c1-22-12(17)7-4-11(16)13(6-7)9-3-2-8(14(18)19)5-10(9)15(20)21/h2-3,5,7H,4,6H2,1H3. The highest BCUT2D eigenvalue weighted by atomic mass is 16.6. The van der Waals surface area contributed by atoms with Crippen LogP contribution in [0.15, 0.2) is 18.2 Å². The zero-order valence-electron chi connectivity index (χ0n) is 11.4. The Morgan fingerprint density at radius 3 is 2.55 bits per heavy atom. The molecule has 1 saturated heterocycles. The Balaban J connectivity index is 2.40. The van der Waals surface area contributed by atoms with Crippen molar-refractivity contribution in [2.75, 3.05) is 18.6 Å². The van der Waals surface area contributed by atoms with E-state index in [-0.39, 0.29) is 18.7 Å². The van der Waals surface area contributed by atoms with Gasteiger partial charge in [0.05, 0.1) is 28.9 Å². The van der Waals surface area contributed by atoms with Crippen LogP contribution in [0.4, 0.5) is 17.1 Å². The van der Waals surface area contributed by atoms with E-state index in [0.717, 1.165) is 23.1 Å². The molecular weight excluding hydrogens is 298 g/mol. The average molecular weight is 309 g/mol. The monoisotopic (exact) mass is 309 g/mol. The molecule has 0 aromatic heterocycles. The summed E-state index contributed by atoms with van der Waals surface area (Å²) in [5, 5.41) is 21.8. The lowest BCUT2D eigenvalue weighted by atomic mass is 10.1. The van der Waals surface area contributed by atoms with Crippen molar-refractivity contribution in [3.63, 3.8) is 0 Å². The van der Waals surface area contributed by atoms with Crippen molar-refractivity contribution in [2.24, 2.45) is 5.92 Å². The number of amides is 1. The molecule has 1 aromatic rings. The minimum atomic E-state index is -0.804. The van der Waals surface area contributed by atoms with E-state index in [1.54, 1.807) is 0 Å². The van der Waals surface area contributed by atoms with Gasteiger partial charge in [-0.15, -0.1) is 0 Å². The fraction of sp³-hybridized carbons (Fsp3) is 0.333. The number of esters is 1. The summed E-state index contributed by atoms with van der Waals surface area (Å²) < 4.78 is 4.55. The maximum atomic E-state index is 12.0. The molecule has 1 aromatic carbocycles. The van der Waals surface area contributed by atoms with Crippen molar-refractivity contribution in [1.82, 2.24) is 0 Å². The van der Waals surface area contributed by atoms with Crippen molar-refractivity contribution < 1.29 is 24.2 Å². The van der Waals surface area contributed by atoms with Crippen LogP contribution in [0.25, 0.3) is 0 Å². The number of methoxy groups -OCH3 is 1. The first-order valence-electron chi connectivity index (χ1n) is 6.16. The highest BCUT2D eigenvalue weighted by Gasteiger charge is 2.38. The zero-order valence-corrected chi connectivity index (χ0v) is 11.4. The third-order valence-electron chi connectivity index (χ3n) is 3.32. The molecule has 1 fully saturated rings. The molecule has 0 aliphatic carbocycles. The van der Waals surface area contributed by atoms with Crippen LogP contribution in [0.3, 0.4) is 0 Å². The fourth-order valence-electron chi connectivity index (χ4n) is 2.26. The summed E-state index contributed by atoms with van der Waals surface area (Å²) in [4.78, 5) is 44.7. The number of anilines is 1. The van der Waals surface area contributed by atoms with Gasteiger partial charge in [0.1, 0.15) is 5.69 Å². The number of carbonyl (C=O) groups is 2. The Labute approximate surface area is 123 Å². The van der Waals surface area contributed by atoms with Gasteiger partial charge >= 0.3 is 5.97 Å². The first-order valence-corrected chi connectivity index (χ1v) is 6.16. The van der Waals surface area contributed by atoms with E-state index in [2.05, 4.69) is 4.74 Å². The largest absolute Gasteiger partial charge is 0.469 e. The molecular formula is C12H11N3O7. The molecule has 22 heavy (non-hydrogen) atoms. The molecule has 1 amide bonds. The molecule has 0 N–H and O–H groups in total. The Morgan fingerprint density at radius 1 is 1.32 bits per heavy atom. The molecule has 1 unspecified atom stereocenters. The number of benzene rings is 1. The molecule has 10 nitrogen and oxygen atoms in total. The van der Waals surface area contributed by atoms with Gasteiger partial charge in [0.15, 0.2) is 0 Å². The van der Waals surface area contributed by atoms with Crippen LogP contribution in [0.1, 0.15) is 6.42 Å². The number of rotatable bonds is 4. The first-order chi connectivity index (χ1) is 10.3. The number of non-ortho nitro benzene ring substituents is 1. The predicted octanol–water partition coefficient (Wildman–Crippen LogP) is 1.03. The van der Waals surface area contributed by atoms with Crippen LogP contribution in [0.5, 0.6) is 0 Å². The molecule has 1 aliphatic heterocycles. The van der Waals surface area contributed by atoms with E-state index in [0.29, 0.717) is 0 Å². The quantitative estimate of drug-likeness (QED) is 0.460. The minimum absolute atomic E-state index is 0.0653. The van der Waals surface area contributed by atoms with Gasteiger partial charge in [0, 0.05) is 19.0 Å². The molecule has 116 valence electrons. The first kappa shape index (κ1) is 15.4. The van der Waals surface area contributed by atoms with Crippen LogP contribution in [-0.4, -0.2) is 35.4 Å². The molecule has 10 heteroatoms. The van der Waals surface area contributed by atoms with Crippen molar-refractivity contribution in [2.45, 2.75) is 6.42 Å². The third-order valence-corrected chi connectivity index (χ3v) is 3.32. The smallest absolute Gasteiger partial charge is 0.311 e. The number of hydrogen-bond acceptors (Lipinski definition) is 7. The maximum Gasteiger partial charge on any atom is 0.311 e. The number of hydrogen-bond donors (Lipinski definition) is 0. The van der Waals surface area contributed by atoms with E-state index in [9.17, 15) is 29.8 Å². The number of carbonyl (C=O) groups excluding carboxylic acids is 2. The second-order valence-electron chi connectivity index (χ2n) is 4.62. The van der Waals surface area contributed by atoms with E-state index >= 15 is 0 Å². The SMILES string of the molecule is COC(=O)C1CC(=O)N(c2ccc([N+](=O)[O-])cc2[N+](=O)[O-])C1. The van der Waals surface area contributed by atoms with Crippen LogP contribution >= 0.6 is 0 Å². The molecule has 1 aliphatic rings. The summed E-state index contributed by atoms with van der Waals surface area (Å²) in [6, 6.07) is 2.99. The lowest BCUT2D eigenvalue weighted by molar-refractivity contribution is -0.393. The Morgan fingerprint density at radius 2 is 2.00 bits per heavy atom.